The molecule has 0 saturated carbocycles. The lowest BCUT2D eigenvalue weighted by atomic mass is 10.2. The molecule has 0 aliphatic rings. The quantitative estimate of drug-likeness (QED) is 0.552. The van der Waals surface area contributed by atoms with E-state index < -0.39 is 4.92 Å². The molecule has 0 aliphatic heterocycles. The molecule has 2 aromatic rings. The third-order valence-electron chi connectivity index (χ3n) is 3.54. The standard InChI is InChI=1S/C17H19ClFN3O2/c1-2-10-21(16-8-7-13(18)12-14(16)19)11-9-20-15-5-3-4-6-17(15)22(23)24/h3-8,12,20H,2,9-11H2,1H3. The molecule has 24 heavy (non-hydrogen) atoms. The van der Waals surface area contributed by atoms with Crippen LogP contribution in [0.5, 0.6) is 0 Å². The summed E-state index contributed by atoms with van der Waals surface area (Å²) in [5.74, 6) is -0.373. The molecule has 0 saturated heterocycles. The molecule has 0 aliphatic carbocycles. The number of benzene rings is 2. The summed E-state index contributed by atoms with van der Waals surface area (Å²) in [6, 6.07) is 11.1. The first kappa shape index (κ1) is 18.0. The lowest BCUT2D eigenvalue weighted by Gasteiger charge is -2.25. The summed E-state index contributed by atoms with van der Waals surface area (Å²) in [4.78, 5) is 12.5. The van der Waals surface area contributed by atoms with Crippen molar-refractivity contribution in [2.24, 2.45) is 0 Å². The summed E-state index contributed by atoms with van der Waals surface area (Å²) in [6.07, 6.45) is 0.855. The lowest BCUT2D eigenvalue weighted by molar-refractivity contribution is -0.384. The van der Waals surface area contributed by atoms with Gasteiger partial charge in [-0.3, -0.25) is 10.1 Å². The number of anilines is 2. The summed E-state index contributed by atoms with van der Waals surface area (Å²) in [6.45, 7) is 3.65. The van der Waals surface area contributed by atoms with Crippen LogP contribution in [0.15, 0.2) is 42.5 Å². The highest BCUT2D eigenvalue weighted by molar-refractivity contribution is 6.30. The minimum atomic E-state index is -0.426. The monoisotopic (exact) mass is 351 g/mol. The average molecular weight is 352 g/mol. The van der Waals surface area contributed by atoms with Crippen molar-refractivity contribution in [3.8, 4) is 0 Å². The topological polar surface area (TPSA) is 58.4 Å². The normalized spacial score (nSPS) is 10.5. The van der Waals surface area contributed by atoms with E-state index in [2.05, 4.69) is 5.32 Å². The van der Waals surface area contributed by atoms with Crippen LogP contribution in [-0.2, 0) is 0 Å². The fourth-order valence-electron chi connectivity index (χ4n) is 2.47. The van der Waals surface area contributed by atoms with Crippen molar-refractivity contribution in [1.29, 1.82) is 0 Å². The summed E-state index contributed by atoms with van der Waals surface area (Å²) in [5.41, 5.74) is 0.957. The van der Waals surface area contributed by atoms with E-state index in [0.29, 0.717) is 36.0 Å². The molecule has 2 aromatic carbocycles. The van der Waals surface area contributed by atoms with Crippen LogP contribution in [0.25, 0.3) is 0 Å². The van der Waals surface area contributed by atoms with Crippen molar-refractivity contribution in [2.75, 3.05) is 29.9 Å². The first-order valence-electron chi connectivity index (χ1n) is 7.70. The summed E-state index contributed by atoms with van der Waals surface area (Å²) >= 11 is 5.80. The van der Waals surface area contributed by atoms with Gasteiger partial charge in [-0.05, 0) is 30.7 Å². The van der Waals surface area contributed by atoms with Gasteiger partial charge in [-0.15, -0.1) is 0 Å². The number of nitro groups is 1. The number of halogens is 2. The number of nitrogens with one attached hydrogen (secondary N) is 1. The molecule has 5 nitrogen and oxygen atoms in total. The van der Waals surface area contributed by atoms with Crippen LogP contribution >= 0.6 is 11.6 Å². The third kappa shape index (κ3) is 4.58. The van der Waals surface area contributed by atoms with E-state index in [1.807, 2.05) is 11.8 Å². The first-order chi connectivity index (χ1) is 11.5. The number of nitro benzene ring substituents is 1. The summed E-state index contributed by atoms with van der Waals surface area (Å²) < 4.78 is 14.1. The van der Waals surface area contributed by atoms with Crippen molar-refractivity contribution in [3.05, 3.63) is 63.4 Å². The molecule has 128 valence electrons. The Kier molecular flexibility index (Phi) is 6.37. The molecule has 0 amide bonds. The second kappa shape index (κ2) is 8.49. The smallest absolute Gasteiger partial charge is 0.292 e. The van der Waals surface area contributed by atoms with E-state index in [1.165, 1.54) is 12.1 Å². The van der Waals surface area contributed by atoms with Crippen LogP contribution in [-0.4, -0.2) is 24.6 Å². The number of hydrogen-bond acceptors (Lipinski definition) is 4. The van der Waals surface area contributed by atoms with Crippen molar-refractivity contribution >= 4 is 28.7 Å². The van der Waals surface area contributed by atoms with Crippen molar-refractivity contribution in [2.45, 2.75) is 13.3 Å². The highest BCUT2D eigenvalue weighted by Crippen LogP contribution is 2.25. The number of para-hydroxylation sites is 2. The Labute approximate surface area is 145 Å². The largest absolute Gasteiger partial charge is 0.378 e. The van der Waals surface area contributed by atoms with Gasteiger partial charge in [-0.25, -0.2) is 4.39 Å². The van der Waals surface area contributed by atoms with E-state index in [0.717, 1.165) is 6.42 Å². The van der Waals surface area contributed by atoms with Crippen molar-refractivity contribution in [3.63, 3.8) is 0 Å². The van der Waals surface area contributed by atoms with Crippen LogP contribution < -0.4 is 10.2 Å². The van der Waals surface area contributed by atoms with E-state index in [4.69, 9.17) is 11.6 Å². The molecule has 0 heterocycles. The highest BCUT2D eigenvalue weighted by atomic mass is 35.5. The zero-order chi connectivity index (χ0) is 17.5. The molecule has 0 unspecified atom stereocenters. The Balaban J connectivity index is 2.06. The predicted molar refractivity (Wildman–Crippen MR) is 95.5 cm³/mol. The SMILES string of the molecule is CCCN(CCNc1ccccc1[N+](=O)[O-])c1ccc(Cl)cc1F. The Morgan fingerprint density at radius 2 is 2.00 bits per heavy atom. The molecule has 0 spiro atoms. The number of nitrogens with zero attached hydrogens (tertiary/aromatic N) is 2. The highest BCUT2D eigenvalue weighted by Gasteiger charge is 2.14. The molecule has 0 aromatic heterocycles. The second-order valence-corrected chi connectivity index (χ2v) is 5.72. The van der Waals surface area contributed by atoms with E-state index in [-0.39, 0.29) is 11.5 Å². The molecule has 7 heteroatoms. The van der Waals surface area contributed by atoms with E-state index >= 15 is 0 Å². The van der Waals surface area contributed by atoms with Gasteiger partial charge in [0.2, 0.25) is 0 Å². The van der Waals surface area contributed by atoms with Gasteiger partial charge in [0.1, 0.15) is 11.5 Å². The maximum atomic E-state index is 14.1. The Bertz CT molecular complexity index is 712. The van der Waals surface area contributed by atoms with Gasteiger partial charge >= 0.3 is 0 Å². The van der Waals surface area contributed by atoms with E-state index in [9.17, 15) is 14.5 Å². The molecule has 1 N–H and O–H groups in total. The van der Waals surface area contributed by atoms with Crippen LogP contribution in [0.2, 0.25) is 5.02 Å². The van der Waals surface area contributed by atoms with Gasteiger partial charge < -0.3 is 10.2 Å². The van der Waals surface area contributed by atoms with Crippen LogP contribution in [0.4, 0.5) is 21.5 Å². The van der Waals surface area contributed by atoms with Gasteiger partial charge in [0, 0.05) is 30.7 Å². The molecule has 0 fully saturated rings. The number of rotatable bonds is 8. The molecular formula is C17H19ClFN3O2. The maximum Gasteiger partial charge on any atom is 0.292 e. The van der Waals surface area contributed by atoms with Crippen LogP contribution in [0.1, 0.15) is 13.3 Å². The molecule has 0 bridgehead atoms. The molecule has 0 radical (unpaired) electrons. The summed E-state index contributed by atoms with van der Waals surface area (Å²) in [5, 5.41) is 14.4. The Hall–Kier alpha value is -2.34. The minimum absolute atomic E-state index is 0.0252. The fraction of sp³-hybridized carbons (Fsp3) is 0.294. The zero-order valence-corrected chi connectivity index (χ0v) is 14.1. The maximum absolute atomic E-state index is 14.1. The predicted octanol–water partition coefficient (Wildman–Crippen LogP) is 4.72. The Morgan fingerprint density at radius 3 is 2.67 bits per heavy atom. The van der Waals surface area contributed by atoms with Crippen LogP contribution in [0, 0.1) is 15.9 Å². The van der Waals surface area contributed by atoms with Gasteiger partial charge in [0.25, 0.3) is 5.69 Å². The van der Waals surface area contributed by atoms with Crippen LogP contribution in [0.3, 0.4) is 0 Å². The number of hydrogen-bond donors (Lipinski definition) is 1. The average Bonchev–Trinajstić information content (AvgIpc) is 2.54. The second-order valence-electron chi connectivity index (χ2n) is 5.28. The fourth-order valence-corrected chi connectivity index (χ4v) is 2.63. The van der Waals surface area contributed by atoms with Gasteiger partial charge in [0.05, 0.1) is 10.6 Å². The van der Waals surface area contributed by atoms with Crippen molar-refractivity contribution < 1.29 is 9.31 Å². The molecule has 2 rings (SSSR count). The third-order valence-corrected chi connectivity index (χ3v) is 3.78. The lowest BCUT2D eigenvalue weighted by Crippen LogP contribution is -2.30. The van der Waals surface area contributed by atoms with Gasteiger partial charge in [-0.2, -0.15) is 0 Å². The van der Waals surface area contributed by atoms with E-state index in [1.54, 1.807) is 30.3 Å². The molecule has 0 atom stereocenters. The Morgan fingerprint density at radius 1 is 1.25 bits per heavy atom. The first-order valence-corrected chi connectivity index (χ1v) is 8.08. The van der Waals surface area contributed by atoms with Crippen molar-refractivity contribution in [1.82, 2.24) is 0 Å². The summed E-state index contributed by atoms with van der Waals surface area (Å²) in [7, 11) is 0. The van der Waals surface area contributed by atoms with Gasteiger partial charge in [-0.1, -0.05) is 30.7 Å². The van der Waals surface area contributed by atoms with Gasteiger partial charge in [0.15, 0.2) is 0 Å². The zero-order valence-electron chi connectivity index (χ0n) is 13.3. The molecular weight excluding hydrogens is 333 g/mol. The minimum Gasteiger partial charge on any atom is -0.378 e.